The second-order valence-electron chi connectivity index (χ2n) is 7.61. The normalized spacial score (nSPS) is 21.1. The fraction of sp³-hybridized carbons (Fsp3) is 0.500. The molecule has 5 nitrogen and oxygen atoms in total. The Morgan fingerprint density at radius 1 is 1.30 bits per heavy atom. The average molecular weight is 374 g/mol. The predicted octanol–water partition coefficient (Wildman–Crippen LogP) is 3.20. The van der Waals surface area contributed by atoms with Crippen molar-refractivity contribution in [2.24, 2.45) is 5.73 Å². The number of halogens is 2. The first-order chi connectivity index (χ1) is 13.0. The Morgan fingerprint density at radius 2 is 2.07 bits per heavy atom. The Bertz CT molecular complexity index is 858. The van der Waals surface area contributed by atoms with Crippen LogP contribution in [0, 0.1) is 11.6 Å². The molecule has 1 aromatic carbocycles. The zero-order valence-corrected chi connectivity index (χ0v) is 15.2. The van der Waals surface area contributed by atoms with E-state index in [0.29, 0.717) is 30.5 Å². The molecule has 1 aliphatic heterocycles. The van der Waals surface area contributed by atoms with E-state index in [9.17, 15) is 13.6 Å². The lowest BCUT2D eigenvalue weighted by Crippen LogP contribution is -2.45. The van der Waals surface area contributed by atoms with Crippen molar-refractivity contribution < 1.29 is 13.6 Å². The molecule has 1 fully saturated rings. The number of amides is 1. The lowest BCUT2D eigenvalue weighted by molar-refractivity contribution is 0.0894. The van der Waals surface area contributed by atoms with Crippen LogP contribution in [0.5, 0.6) is 0 Å². The highest BCUT2D eigenvalue weighted by atomic mass is 19.1. The third-order valence-electron chi connectivity index (χ3n) is 5.98. The zero-order chi connectivity index (χ0) is 19.0. The first-order valence-corrected chi connectivity index (χ1v) is 9.58. The minimum absolute atomic E-state index is 0.101. The highest BCUT2D eigenvalue weighted by Gasteiger charge is 2.40. The van der Waals surface area contributed by atoms with E-state index in [1.165, 1.54) is 12.1 Å². The number of carbonyl (C=O) groups is 1. The van der Waals surface area contributed by atoms with Crippen LogP contribution in [0.4, 0.5) is 8.78 Å². The second kappa shape index (κ2) is 7.03. The molecule has 2 aromatic rings. The van der Waals surface area contributed by atoms with Gasteiger partial charge in [-0.25, -0.2) is 8.78 Å². The molecule has 3 N–H and O–H groups in total. The van der Waals surface area contributed by atoms with Crippen LogP contribution in [-0.2, 0) is 12.1 Å². The molecule has 0 saturated heterocycles. The van der Waals surface area contributed by atoms with Crippen molar-refractivity contribution in [3.05, 3.63) is 52.9 Å². The standard InChI is InChI=1S/C20H24F2N4O/c21-14-5-6-16(17(22)10-14)20(7-1-2-8-20)25-19(27)15-12-24-26-9-3-4-13(11-23)18(15)26/h5-6,10,12-13H,1-4,7-9,11,23H2,(H,25,27). The molecule has 1 saturated carbocycles. The Morgan fingerprint density at radius 3 is 2.78 bits per heavy atom. The van der Waals surface area contributed by atoms with Gasteiger partial charge in [0.05, 0.1) is 23.0 Å². The monoisotopic (exact) mass is 374 g/mol. The van der Waals surface area contributed by atoms with Crippen LogP contribution in [0.2, 0.25) is 0 Å². The van der Waals surface area contributed by atoms with Gasteiger partial charge in [-0.1, -0.05) is 18.9 Å². The Labute approximate surface area is 156 Å². The number of carbonyl (C=O) groups excluding carboxylic acids is 1. The molecular weight excluding hydrogens is 350 g/mol. The summed E-state index contributed by atoms with van der Waals surface area (Å²) >= 11 is 0. The molecule has 1 aliphatic carbocycles. The number of benzene rings is 1. The molecule has 0 bridgehead atoms. The number of nitrogens with two attached hydrogens (primary N) is 1. The average Bonchev–Trinajstić information content (AvgIpc) is 3.29. The quantitative estimate of drug-likeness (QED) is 0.863. The molecule has 2 aliphatic rings. The summed E-state index contributed by atoms with van der Waals surface area (Å²) < 4.78 is 29.7. The molecule has 1 aromatic heterocycles. The SMILES string of the molecule is NCC1CCCn2ncc(C(=O)NC3(c4ccc(F)cc4F)CCCC3)c21. The van der Waals surface area contributed by atoms with Gasteiger partial charge in [-0.2, -0.15) is 5.10 Å². The molecule has 1 unspecified atom stereocenters. The number of fused-ring (bicyclic) bond motifs is 1. The molecule has 1 atom stereocenters. The summed E-state index contributed by atoms with van der Waals surface area (Å²) in [5, 5.41) is 7.42. The van der Waals surface area contributed by atoms with Crippen LogP contribution < -0.4 is 11.1 Å². The molecular formula is C20H24F2N4O. The molecule has 27 heavy (non-hydrogen) atoms. The topological polar surface area (TPSA) is 72.9 Å². The lowest BCUT2D eigenvalue weighted by Gasteiger charge is -2.32. The van der Waals surface area contributed by atoms with E-state index in [1.54, 1.807) is 6.20 Å². The fourth-order valence-electron chi connectivity index (χ4n) is 4.63. The van der Waals surface area contributed by atoms with Crippen LogP contribution in [0.1, 0.15) is 66.1 Å². The van der Waals surface area contributed by atoms with Crippen molar-refractivity contribution >= 4 is 5.91 Å². The van der Waals surface area contributed by atoms with Crippen LogP contribution >= 0.6 is 0 Å². The summed E-state index contributed by atoms with van der Waals surface area (Å²) in [5.74, 6) is -1.40. The smallest absolute Gasteiger partial charge is 0.255 e. The first-order valence-electron chi connectivity index (χ1n) is 9.58. The van der Waals surface area contributed by atoms with E-state index < -0.39 is 17.2 Å². The summed E-state index contributed by atoms with van der Waals surface area (Å²) in [4.78, 5) is 13.2. The molecule has 0 spiro atoms. The van der Waals surface area contributed by atoms with Gasteiger partial charge in [-0.15, -0.1) is 0 Å². The van der Waals surface area contributed by atoms with Gasteiger partial charge in [0.25, 0.3) is 5.91 Å². The van der Waals surface area contributed by atoms with Crippen LogP contribution in [0.15, 0.2) is 24.4 Å². The summed E-state index contributed by atoms with van der Waals surface area (Å²) in [5.41, 5.74) is 6.83. The van der Waals surface area contributed by atoms with Crippen molar-refractivity contribution in [2.45, 2.75) is 56.5 Å². The largest absolute Gasteiger partial charge is 0.342 e. The van der Waals surface area contributed by atoms with Gasteiger partial charge >= 0.3 is 0 Å². The molecule has 1 amide bonds. The van der Waals surface area contributed by atoms with Crippen molar-refractivity contribution in [1.29, 1.82) is 0 Å². The number of nitrogens with zero attached hydrogens (tertiary/aromatic N) is 2. The fourth-order valence-corrected chi connectivity index (χ4v) is 4.63. The number of aryl methyl sites for hydroxylation is 1. The number of aromatic nitrogens is 2. The van der Waals surface area contributed by atoms with Gasteiger partial charge in [0.2, 0.25) is 0 Å². The van der Waals surface area contributed by atoms with E-state index in [1.807, 2.05) is 4.68 Å². The first kappa shape index (κ1) is 18.1. The second-order valence-corrected chi connectivity index (χ2v) is 7.61. The third kappa shape index (κ3) is 3.14. The van der Waals surface area contributed by atoms with E-state index in [4.69, 9.17) is 5.73 Å². The van der Waals surface area contributed by atoms with Gasteiger partial charge in [-0.3, -0.25) is 9.48 Å². The van der Waals surface area contributed by atoms with E-state index in [0.717, 1.165) is 44.0 Å². The van der Waals surface area contributed by atoms with Gasteiger partial charge in [0.15, 0.2) is 0 Å². The molecule has 7 heteroatoms. The lowest BCUT2D eigenvalue weighted by atomic mass is 9.86. The highest BCUT2D eigenvalue weighted by molar-refractivity contribution is 5.96. The Hall–Kier alpha value is -2.28. The highest BCUT2D eigenvalue weighted by Crippen LogP contribution is 2.40. The van der Waals surface area contributed by atoms with E-state index in [2.05, 4.69) is 10.4 Å². The van der Waals surface area contributed by atoms with Crippen molar-refractivity contribution in [3.8, 4) is 0 Å². The number of rotatable bonds is 4. The maximum absolute atomic E-state index is 14.5. The van der Waals surface area contributed by atoms with Crippen LogP contribution in [0.3, 0.4) is 0 Å². The molecule has 2 heterocycles. The van der Waals surface area contributed by atoms with Gasteiger partial charge in [0.1, 0.15) is 11.6 Å². The number of nitrogens with one attached hydrogen (secondary N) is 1. The number of hydrogen-bond acceptors (Lipinski definition) is 3. The number of hydrogen-bond donors (Lipinski definition) is 2. The van der Waals surface area contributed by atoms with Gasteiger partial charge in [-0.05, 0) is 31.7 Å². The maximum atomic E-state index is 14.5. The third-order valence-corrected chi connectivity index (χ3v) is 5.98. The van der Waals surface area contributed by atoms with Gasteiger partial charge < -0.3 is 11.1 Å². The maximum Gasteiger partial charge on any atom is 0.255 e. The van der Waals surface area contributed by atoms with Gasteiger partial charge in [0, 0.05) is 30.6 Å². The van der Waals surface area contributed by atoms with E-state index in [-0.39, 0.29) is 11.8 Å². The molecule has 144 valence electrons. The summed E-state index contributed by atoms with van der Waals surface area (Å²) in [6.45, 7) is 1.24. The van der Waals surface area contributed by atoms with Crippen molar-refractivity contribution in [3.63, 3.8) is 0 Å². The Balaban J connectivity index is 1.68. The van der Waals surface area contributed by atoms with Crippen LogP contribution in [-0.4, -0.2) is 22.2 Å². The Kier molecular flexibility index (Phi) is 4.72. The zero-order valence-electron chi connectivity index (χ0n) is 15.2. The summed E-state index contributed by atoms with van der Waals surface area (Å²) in [7, 11) is 0. The summed E-state index contributed by atoms with van der Waals surface area (Å²) in [6.07, 6.45) is 6.53. The molecule has 0 radical (unpaired) electrons. The van der Waals surface area contributed by atoms with Crippen LogP contribution in [0.25, 0.3) is 0 Å². The molecule has 4 rings (SSSR count). The minimum atomic E-state index is -0.809. The van der Waals surface area contributed by atoms with Crippen molar-refractivity contribution in [2.75, 3.05) is 6.54 Å². The minimum Gasteiger partial charge on any atom is -0.342 e. The van der Waals surface area contributed by atoms with E-state index >= 15 is 0 Å². The summed E-state index contributed by atoms with van der Waals surface area (Å²) in [6, 6.07) is 3.58. The van der Waals surface area contributed by atoms with Crippen molar-refractivity contribution in [1.82, 2.24) is 15.1 Å². The predicted molar refractivity (Wildman–Crippen MR) is 97.2 cm³/mol.